The van der Waals surface area contributed by atoms with Gasteiger partial charge in [-0.25, -0.2) is 0 Å². The number of rotatable bonds is 0. The third kappa shape index (κ3) is 0.886. The first-order chi connectivity index (χ1) is 7.09. The Morgan fingerprint density at radius 2 is 1.13 bits per heavy atom. The molecule has 0 amide bonds. The van der Waals surface area contributed by atoms with Gasteiger partial charge in [0.25, 0.3) is 0 Å². The Labute approximate surface area is 83.5 Å². The van der Waals surface area contributed by atoms with Crippen LogP contribution in [0.4, 0.5) is 0 Å². The number of cyclic esters (lactones) is 4. The number of esters is 4. The molecule has 4 atom stereocenters. The maximum absolute atomic E-state index is 11.3. The molecule has 3 fully saturated rings. The van der Waals surface area contributed by atoms with Crippen molar-refractivity contribution in [2.45, 2.75) is 6.42 Å². The van der Waals surface area contributed by atoms with Crippen LogP contribution in [0.1, 0.15) is 6.42 Å². The highest BCUT2D eigenvalue weighted by Gasteiger charge is 2.64. The molecule has 3 aliphatic rings. The lowest BCUT2D eigenvalue weighted by Crippen LogP contribution is -2.24. The van der Waals surface area contributed by atoms with Gasteiger partial charge in [-0.2, -0.15) is 0 Å². The summed E-state index contributed by atoms with van der Waals surface area (Å²) in [6, 6.07) is 0. The predicted octanol–water partition coefficient (Wildman–Crippen LogP) is -0.978. The van der Waals surface area contributed by atoms with Crippen molar-refractivity contribution < 1.29 is 28.7 Å². The smallest absolute Gasteiger partial charge is 0.318 e. The number of ether oxygens (including phenoxy) is 2. The Morgan fingerprint density at radius 3 is 1.53 bits per heavy atom. The Morgan fingerprint density at radius 1 is 0.733 bits per heavy atom. The van der Waals surface area contributed by atoms with Crippen LogP contribution in [0.15, 0.2) is 0 Å². The van der Waals surface area contributed by atoms with Gasteiger partial charge in [0.15, 0.2) is 0 Å². The summed E-state index contributed by atoms with van der Waals surface area (Å²) in [4.78, 5) is 45.0. The highest BCUT2D eigenvalue weighted by molar-refractivity contribution is 6.05. The van der Waals surface area contributed by atoms with Crippen molar-refractivity contribution >= 4 is 23.9 Å². The van der Waals surface area contributed by atoms with Gasteiger partial charge < -0.3 is 9.47 Å². The van der Waals surface area contributed by atoms with Gasteiger partial charge in [-0.3, -0.25) is 19.2 Å². The minimum absolute atomic E-state index is 0.185. The Kier molecular flexibility index (Phi) is 1.40. The Balaban J connectivity index is 2.03. The topological polar surface area (TPSA) is 86.7 Å². The molecule has 0 radical (unpaired) electrons. The maximum Gasteiger partial charge on any atom is 0.318 e. The van der Waals surface area contributed by atoms with E-state index in [9.17, 15) is 19.2 Å². The lowest BCUT2D eigenvalue weighted by atomic mass is 9.90. The summed E-state index contributed by atoms with van der Waals surface area (Å²) < 4.78 is 8.85. The van der Waals surface area contributed by atoms with Crippen molar-refractivity contribution in [3.05, 3.63) is 0 Å². The second-order valence-electron chi connectivity index (χ2n) is 3.98. The largest absolute Gasteiger partial charge is 0.393 e. The molecular weight excluding hydrogens is 204 g/mol. The molecule has 2 aliphatic heterocycles. The lowest BCUT2D eigenvalue weighted by molar-refractivity contribution is -0.158. The highest BCUT2D eigenvalue weighted by Crippen LogP contribution is 2.49. The SMILES string of the molecule is O=C1OC(=O)[C@@H]2C[C@H]3C(=O)OC(=O)[C@H]3[C@H]12. The average molecular weight is 210 g/mol. The fourth-order valence-electron chi connectivity index (χ4n) is 2.66. The summed E-state index contributed by atoms with van der Waals surface area (Å²) in [5.74, 6) is -5.54. The number of hydrogen-bond donors (Lipinski definition) is 0. The molecule has 0 spiro atoms. The Hall–Kier alpha value is -1.72. The first kappa shape index (κ1) is 8.58. The maximum atomic E-state index is 11.3. The molecule has 0 unspecified atom stereocenters. The zero-order valence-corrected chi connectivity index (χ0v) is 7.47. The van der Waals surface area contributed by atoms with E-state index in [1.807, 2.05) is 0 Å². The molecule has 0 aromatic rings. The molecule has 1 aliphatic carbocycles. The summed E-state index contributed by atoms with van der Waals surface area (Å²) in [6.45, 7) is 0. The third-order valence-corrected chi connectivity index (χ3v) is 3.31. The Bertz CT molecular complexity index is 373. The van der Waals surface area contributed by atoms with Crippen LogP contribution >= 0.6 is 0 Å². The van der Waals surface area contributed by atoms with E-state index in [4.69, 9.17) is 0 Å². The first-order valence-electron chi connectivity index (χ1n) is 4.60. The lowest BCUT2D eigenvalue weighted by Gasteiger charge is -2.06. The van der Waals surface area contributed by atoms with E-state index in [1.165, 1.54) is 0 Å². The van der Waals surface area contributed by atoms with E-state index in [0.29, 0.717) is 0 Å². The molecule has 0 aromatic carbocycles. The molecule has 6 heteroatoms. The van der Waals surface area contributed by atoms with E-state index in [0.717, 1.165) is 0 Å². The van der Waals surface area contributed by atoms with E-state index in [-0.39, 0.29) is 6.42 Å². The van der Waals surface area contributed by atoms with Gasteiger partial charge in [0.1, 0.15) is 0 Å². The van der Waals surface area contributed by atoms with Gasteiger partial charge in [0.05, 0.1) is 23.7 Å². The number of carbonyl (C=O) groups is 4. The van der Waals surface area contributed by atoms with Crippen molar-refractivity contribution in [2.24, 2.45) is 23.7 Å². The monoisotopic (exact) mass is 210 g/mol. The van der Waals surface area contributed by atoms with Crippen molar-refractivity contribution in [1.29, 1.82) is 0 Å². The standard InChI is InChI=1S/C9H6O6/c10-6-2-1-3-5(4(2)8(12)14-6)9(13)15-7(3)11/h2-5H,1H2/t2-,3-,4-,5-/m1/s1. The quantitative estimate of drug-likeness (QED) is 0.377. The van der Waals surface area contributed by atoms with Gasteiger partial charge in [-0.15, -0.1) is 0 Å². The van der Waals surface area contributed by atoms with E-state index >= 15 is 0 Å². The van der Waals surface area contributed by atoms with E-state index in [2.05, 4.69) is 9.47 Å². The van der Waals surface area contributed by atoms with E-state index < -0.39 is 47.5 Å². The van der Waals surface area contributed by atoms with Crippen LogP contribution in [0, 0.1) is 23.7 Å². The second-order valence-corrected chi connectivity index (χ2v) is 3.98. The molecule has 15 heavy (non-hydrogen) atoms. The van der Waals surface area contributed by atoms with Gasteiger partial charge in [0, 0.05) is 0 Å². The van der Waals surface area contributed by atoms with Crippen LogP contribution in [0.2, 0.25) is 0 Å². The molecule has 0 aromatic heterocycles. The zero-order valence-electron chi connectivity index (χ0n) is 7.47. The summed E-state index contributed by atoms with van der Waals surface area (Å²) in [6.07, 6.45) is 0.185. The van der Waals surface area contributed by atoms with Crippen molar-refractivity contribution in [2.75, 3.05) is 0 Å². The molecular formula is C9H6O6. The molecule has 78 valence electrons. The molecule has 0 bridgehead atoms. The van der Waals surface area contributed by atoms with Crippen LogP contribution in [0.5, 0.6) is 0 Å². The second kappa shape index (κ2) is 2.44. The molecule has 0 N–H and O–H groups in total. The van der Waals surface area contributed by atoms with Crippen molar-refractivity contribution in [3.8, 4) is 0 Å². The van der Waals surface area contributed by atoms with Gasteiger partial charge in [-0.1, -0.05) is 0 Å². The third-order valence-electron chi connectivity index (χ3n) is 3.31. The minimum Gasteiger partial charge on any atom is -0.393 e. The molecule has 1 saturated carbocycles. The fourth-order valence-corrected chi connectivity index (χ4v) is 2.66. The van der Waals surface area contributed by atoms with Crippen LogP contribution in [0.25, 0.3) is 0 Å². The number of fused-ring (bicyclic) bond motifs is 3. The van der Waals surface area contributed by atoms with Gasteiger partial charge in [-0.05, 0) is 6.42 Å². The summed E-state index contributed by atoms with van der Waals surface area (Å²) in [7, 11) is 0. The van der Waals surface area contributed by atoms with E-state index in [1.54, 1.807) is 0 Å². The zero-order chi connectivity index (χ0) is 10.7. The van der Waals surface area contributed by atoms with Crippen LogP contribution in [-0.2, 0) is 28.7 Å². The first-order valence-corrected chi connectivity index (χ1v) is 4.60. The summed E-state index contributed by atoms with van der Waals surface area (Å²) in [5, 5.41) is 0. The predicted molar refractivity (Wildman–Crippen MR) is 40.8 cm³/mol. The molecule has 2 heterocycles. The fraction of sp³-hybridized carbons (Fsp3) is 0.556. The molecule has 6 nitrogen and oxygen atoms in total. The minimum atomic E-state index is -0.804. The van der Waals surface area contributed by atoms with Gasteiger partial charge >= 0.3 is 23.9 Å². The molecule has 3 rings (SSSR count). The van der Waals surface area contributed by atoms with Crippen molar-refractivity contribution in [1.82, 2.24) is 0 Å². The normalized spacial score (nSPS) is 42.7. The highest BCUT2D eigenvalue weighted by atomic mass is 16.6. The van der Waals surface area contributed by atoms with Crippen LogP contribution in [0.3, 0.4) is 0 Å². The number of hydrogen-bond acceptors (Lipinski definition) is 6. The number of carbonyl (C=O) groups excluding carboxylic acids is 4. The van der Waals surface area contributed by atoms with Crippen LogP contribution < -0.4 is 0 Å². The average Bonchev–Trinajstić information content (AvgIpc) is 2.72. The van der Waals surface area contributed by atoms with Gasteiger partial charge in [0.2, 0.25) is 0 Å². The summed E-state index contributed by atoms with van der Waals surface area (Å²) >= 11 is 0. The molecule has 2 saturated heterocycles. The van der Waals surface area contributed by atoms with Crippen LogP contribution in [-0.4, -0.2) is 23.9 Å². The van der Waals surface area contributed by atoms with Crippen molar-refractivity contribution in [3.63, 3.8) is 0 Å². The summed E-state index contributed by atoms with van der Waals surface area (Å²) in [5.41, 5.74) is 0.